The third kappa shape index (κ3) is 16.9. The van der Waals surface area contributed by atoms with Gasteiger partial charge in [0.05, 0.1) is 12.9 Å². The number of aryl methyl sites for hydroxylation is 1. The van der Waals surface area contributed by atoms with Crippen molar-refractivity contribution in [2.75, 3.05) is 26.1 Å². The Hall–Kier alpha value is -3.49. The van der Waals surface area contributed by atoms with Crippen molar-refractivity contribution in [1.82, 2.24) is 24.6 Å². The van der Waals surface area contributed by atoms with Crippen molar-refractivity contribution in [2.24, 2.45) is 0 Å². The number of terminal acetylenes is 1. The van der Waals surface area contributed by atoms with Gasteiger partial charge in [0.1, 0.15) is 12.1 Å². The summed E-state index contributed by atoms with van der Waals surface area (Å²) in [5.74, 6) is 2.02. The number of ether oxygens (including phenoxy) is 2. The van der Waals surface area contributed by atoms with Crippen LogP contribution in [0.5, 0.6) is 0 Å². The third-order valence-corrected chi connectivity index (χ3v) is 10.7. The highest BCUT2D eigenvalue weighted by molar-refractivity contribution is 7.36. The number of rotatable bonds is 31. The molecule has 54 heavy (non-hydrogen) atoms. The highest BCUT2D eigenvalue weighted by atomic mass is 31.1. The lowest BCUT2D eigenvalue weighted by molar-refractivity contribution is -0.145. The van der Waals surface area contributed by atoms with Gasteiger partial charge in [0.2, 0.25) is 0 Å². The third-order valence-electron chi connectivity index (χ3n) is 9.86. The van der Waals surface area contributed by atoms with Crippen molar-refractivity contribution < 1.29 is 27.7 Å². The number of aromatic nitrogens is 4. The molecule has 2 heterocycles. The monoisotopic (exact) mass is 769 g/mol. The number of carbonyl (C=O) groups is 1. The molecule has 0 fully saturated rings. The second kappa shape index (κ2) is 26.3. The van der Waals surface area contributed by atoms with Gasteiger partial charge < -0.3 is 19.8 Å². The Morgan fingerprint density at radius 2 is 1.52 bits per heavy atom. The smallest absolute Gasteiger partial charge is 0.464 e. The zero-order valence-corrected chi connectivity index (χ0v) is 33.5. The standard InChI is InChI=1S/C41H63FN6O5P/c1-4-6-7-8-9-10-11-12-13-14-15-16-17-18-19-20-21-25-30-52-39(49)35(31-34-26-23-22-24-27-34)47-54(50)53-32-41(5-2,51-3)28-29-48-33-44-36-37(43)45-40(42)46-38(36)48/h2,22-24,26-27,33,35H,4,6-21,25,28-32H2,1,3H3,(H,47,50)(H2,43,45,46)/q+1/t35-,41-/m0/s1. The minimum absolute atomic E-state index is 0.0726. The van der Waals surface area contributed by atoms with Crippen LogP contribution < -0.4 is 10.8 Å². The highest BCUT2D eigenvalue weighted by Gasteiger charge is 2.36. The number of fused-ring (bicyclic) bond motifs is 1. The maximum atomic E-state index is 13.8. The molecule has 0 bridgehead atoms. The molecule has 3 atom stereocenters. The van der Waals surface area contributed by atoms with Crippen LogP contribution >= 0.6 is 8.18 Å². The minimum Gasteiger partial charge on any atom is -0.464 e. The van der Waals surface area contributed by atoms with Crippen molar-refractivity contribution >= 4 is 31.1 Å². The summed E-state index contributed by atoms with van der Waals surface area (Å²) in [4.78, 5) is 24.6. The van der Waals surface area contributed by atoms with E-state index in [1.54, 1.807) is 4.57 Å². The number of benzene rings is 1. The molecule has 0 spiro atoms. The normalized spacial score (nSPS) is 13.4. The molecule has 0 amide bonds. The number of anilines is 1. The lowest BCUT2D eigenvalue weighted by Gasteiger charge is -2.24. The van der Waals surface area contributed by atoms with Crippen molar-refractivity contribution in [3.63, 3.8) is 0 Å². The molecule has 0 radical (unpaired) electrons. The average Bonchev–Trinajstić information content (AvgIpc) is 3.59. The topological polar surface area (TPSA) is 143 Å². The number of carbonyl (C=O) groups excluding carboxylic acids is 1. The predicted molar refractivity (Wildman–Crippen MR) is 213 cm³/mol. The summed E-state index contributed by atoms with van der Waals surface area (Å²) >= 11 is 0. The van der Waals surface area contributed by atoms with E-state index >= 15 is 0 Å². The summed E-state index contributed by atoms with van der Waals surface area (Å²) in [6.45, 7) is 2.55. The highest BCUT2D eigenvalue weighted by Crippen LogP contribution is 2.27. The van der Waals surface area contributed by atoms with E-state index < -0.39 is 31.9 Å². The summed E-state index contributed by atoms with van der Waals surface area (Å²) in [5.41, 5.74) is 5.84. The first kappa shape index (κ1) is 44.9. The van der Waals surface area contributed by atoms with Gasteiger partial charge in [0.15, 0.2) is 23.1 Å². The first-order chi connectivity index (χ1) is 26.3. The fourth-order valence-corrected chi connectivity index (χ4v) is 7.30. The predicted octanol–water partition coefficient (Wildman–Crippen LogP) is 9.42. The number of imidazole rings is 1. The van der Waals surface area contributed by atoms with Crippen LogP contribution in [0.1, 0.15) is 134 Å². The van der Waals surface area contributed by atoms with Gasteiger partial charge in [-0.1, -0.05) is 157 Å². The van der Waals surface area contributed by atoms with Gasteiger partial charge in [-0.25, -0.2) is 4.98 Å². The van der Waals surface area contributed by atoms with Crippen molar-refractivity contribution in [2.45, 2.75) is 154 Å². The molecule has 0 aliphatic carbocycles. The van der Waals surface area contributed by atoms with E-state index in [0.29, 0.717) is 6.61 Å². The second-order valence-corrected chi connectivity index (χ2v) is 15.2. The zero-order valence-electron chi connectivity index (χ0n) is 32.6. The molecule has 1 unspecified atom stereocenters. The Balaban J connectivity index is 1.34. The largest absolute Gasteiger partial charge is 0.614 e. The average molecular weight is 770 g/mol. The van der Waals surface area contributed by atoms with Gasteiger partial charge in [-0.2, -0.15) is 14.4 Å². The second-order valence-electron chi connectivity index (χ2n) is 14.2. The molecular formula is C41H63FN6O5P+. The van der Waals surface area contributed by atoms with E-state index in [4.69, 9.17) is 26.2 Å². The number of unbranched alkanes of at least 4 members (excludes halogenated alkanes) is 17. The number of esters is 1. The van der Waals surface area contributed by atoms with Gasteiger partial charge in [-0.15, -0.1) is 10.9 Å². The van der Waals surface area contributed by atoms with Crippen LogP contribution in [0.15, 0.2) is 36.7 Å². The van der Waals surface area contributed by atoms with Crippen LogP contribution in [-0.4, -0.2) is 57.5 Å². The van der Waals surface area contributed by atoms with Crippen LogP contribution in [0.25, 0.3) is 11.2 Å². The minimum atomic E-state index is -2.54. The van der Waals surface area contributed by atoms with Crippen LogP contribution in [-0.2, 0) is 36.3 Å². The molecular weight excluding hydrogens is 706 g/mol. The number of hydrogen-bond donors (Lipinski definition) is 2. The quantitative estimate of drug-likeness (QED) is 0.0214. The molecule has 11 nitrogen and oxygen atoms in total. The molecule has 13 heteroatoms. The zero-order chi connectivity index (χ0) is 38.9. The van der Waals surface area contributed by atoms with Gasteiger partial charge in [0, 0.05) is 26.5 Å². The van der Waals surface area contributed by atoms with E-state index in [0.717, 1.165) is 24.8 Å². The van der Waals surface area contributed by atoms with Crippen molar-refractivity contribution in [3.05, 3.63) is 48.3 Å². The number of nitrogens with one attached hydrogen (secondary N) is 1. The molecule has 298 valence electrons. The number of methoxy groups -OCH3 is 1. The van der Waals surface area contributed by atoms with E-state index in [1.165, 1.54) is 110 Å². The van der Waals surface area contributed by atoms with E-state index in [1.807, 2.05) is 30.3 Å². The van der Waals surface area contributed by atoms with Gasteiger partial charge in [-0.05, 0) is 16.5 Å². The fourth-order valence-electron chi connectivity index (χ4n) is 6.45. The number of halogens is 1. The van der Waals surface area contributed by atoms with E-state index in [9.17, 15) is 13.8 Å². The maximum Gasteiger partial charge on any atom is 0.614 e. The lowest BCUT2D eigenvalue weighted by Crippen LogP contribution is -2.39. The molecule has 1 aromatic carbocycles. The first-order valence-electron chi connectivity index (χ1n) is 20.0. The van der Waals surface area contributed by atoms with Crippen LogP contribution in [0.2, 0.25) is 0 Å². The molecule has 2 aromatic heterocycles. The Bertz CT molecular complexity index is 1550. The summed E-state index contributed by atoms with van der Waals surface area (Å²) in [5, 5.41) is 2.80. The Morgan fingerprint density at radius 3 is 2.07 bits per heavy atom. The molecule has 3 rings (SSSR count). The molecule has 0 aliphatic heterocycles. The van der Waals surface area contributed by atoms with Gasteiger partial charge >= 0.3 is 20.2 Å². The van der Waals surface area contributed by atoms with E-state index in [2.05, 4.69) is 32.9 Å². The molecule has 0 aliphatic rings. The molecule has 3 aromatic rings. The Morgan fingerprint density at radius 1 is 0.944 bits per heavy atom. The molecule has 0 saturated heterocycles. The number of nitrogens with zero attached hydrogens (tertiary/aromatic N) is 4. The summed E-state index contributed by atoms with van der Waals surface area (Å²) in [6.07, 6.45) is 30.0. The molecule has 0 saturated carbocycles. The SMILES string of the molecule is C#C[C@](CCn1cnc2c(N)nc(F)nc21)(CO[P+](=O)N[C@@H](Cc1ccccc1)C(=O)OCCCCCCCCCCCCCCCCCCCC)OC. The Kier molecular flexibility index (Phi) is 21.9. The van der Waals surface area contributed by atoms with Crippen molar-refractivity contribution in [3.8, 4) is 12.3 Å². The van der Waals surface area contributed by atoms with Gasteiger partial charge in [-0.3, -0.25) is 4.79 Å². The maximum absolute atomic E-state index is 13.8. The molecule has 3 N–H and O–H groups in total. The van der Waals surface area contributed by atoms with Crippen LogP contribution in [0, 0.1) is 18.4 Å². The number of nitrogen functional groups attached to an aromatic ring is 1. The number of hydrogen-bond acceptors (Lipinski definition) is 9. The first-order valence-corrected chi connectivity index (χ1v) is 21.2. The Labute approximate surface area is 323 Å². The van der Waals surface area contributed by atoms with Crippen LogP contribution in [0.3, 0.4) is 0 Å². The summed E-state index contributed by atoms with van der Waals surface area (Å²) in [7, 11) is -1.12. The fraction of sp³-hybridized carbons (Fsp3) is 0.659. The summed E-state index contributed by atoms with van der Waals surface area (Å²) < 4.78 is 45.4. The van der Waals surface area contributed by atoms with E-state index in [-0.39, 0.29) is 43.0 Å². The number of nitrogens with two attached hydrogens (primary N) is 1. The van der Waals surface area contributed by atoms with Gasteiger partial charge in [0.25, 0.3) is 0 Å². The summed E-state index contributed by atoms with van der Waals surface area (Å²) in [6, 6.07) is 8.54. The van der Waals surface area contributed by atoms with Crippen molar-refractivity contribution in [1.29, 1.82) is 0 Å². The lowest BCUT2D eigenvalue weighted by atomic mass is 10.0. The van der Waals surface area contributed by atoms with Crippen LogP contribution in [0.4, 0.5) is 10.2 Å².